The summed E-state index contributed by atoms with van der Waals surface area (Å²) in [4.78, 5) is 1.60. The summed E-state index contributed by atoms with van der Waals surface area (Å²) < 4.78 is 37.0. The van der Waals surface area contributed by atoms with E-state index < -0.39 is 12.6 Å². The van der Waals surface area contributed by atoms with E-state index >= 15 is 0 Å². The lowest BCUT2D eigenvalue weighted by Gasteiger charge is -2.24. The highest BCUT2D eigenvalue weighted by atomic mass is 35.5. The second-order valence-electron chi connectivity index (χ2n) is 5.58. The molecule has 1 rings (SSSR count). The molecule has 0 radical (unpaired) electrons. The Morgan fingerprint density at radius 2 is 1.95 bits per heavy atom. The molecule has 21 heavy (non-hydrogen) atoms. The average molecular weight is 323 g/mol. The van der Waals surface area contributed by atoms with Gasteiger partial charge in [0, 0.05) is 30.8 Å². The molecule has 0 amide bonds. The molecule has 0 saturated carbocycles. The molecule has 1 aromatic carbocycles. The molecule has 0 aliphatic heterocycles. The number of halogens is 4. The van der Waals surface area contributed by atoms with Crippen LogP contribution in [0.5, 0.6) is 0 Å². The maximum Gasteiger partial charge on any atom is 0.390 e. The summed E-state index contributed by atoms with van der Waals surface area (Å²) in [5.41, 5.74) is 1.69. The third-order valence-electron chi connectivity index (χ3n) is 3.06. The first kappa shape index (κ1) is 18.1. The second kappa shape index (κ2) is 7.90. The summed E-state index contributed by atoms with van der Waals surface area (Å²) in [5.74, 6) is 0.517. The molecule has 2 nitrogen and oxygen atoms in total. The van der Waals surface area contributed by atoms with Gasteiger partial charge >= 0.3 is 6.18 Å². The van der Waals surface area contributed by atoms with Crippen molar-refractivity contribution in [1.82, 2.24) is 5.32 Å². The summed E-state index contributed by atoms with van der Waals surface area (Å²) in [5, 5.41) is 3.82. The zero-order valence-corrected chi connectivity index (χ0v) is 13.4. The van der Waals surface area contributed by atoms with Crippen molar-refractivity contribution in [1.29, 1.82) is 0 Å². The lowest BCUT2D eigenvalue weighted by atomic mass is 10.1. The smallest absolute Gasteiger partial charge is 0.374 e. The van der Waals surface area contributed by atoms with E-state index in [4.69, 9.17) is 11.6 Å². The molecule has 0 heterocycles. The fourth-order valence-electron chi connectivity index (χ4n) is 1.95. The Balaban J connectivity index is 2.76. The van der Waals surface area contributed by atoms with Crippen LogP contribution in [-0.4, -0.2) is 26.3 Å². The van der Waals surface area contributed by atoms with Gasteiger partial charge < -0.3 is 10.2 Å². The largest absolute Gasteiger partial charge is 0.390 e. The first-order chi connectivity index (χ1) is 9.69. The third kappa shape index (κ3) is 7.05. The third-order valence-corrected chi connectivity index (χ3v) is 3.29. The molecular formula is C15H22ClF3N2. The van der Waals surface area contributed by atoms with Crippen LogP contribution in [0.2, 0.25) is 5.02 Å². The van der Waals surface area contributed by atoms with Crippen molar-refractivity contribution in [3.05, 3.63) is 28.8 Å². The van der Waals surface area contributed by atoms with Crippen molar-refractivity contribution in [3.8, 4) is 0 Å². The standard InChI is InChI=1S/C15H22ClF3N2/c1-11(2)9-20-10-12-4-5-13(16)8-14(12)21(3)7-6-15(17,18)19/h4-5,8,11,20H,6-7,9-10H2,1-3H3. The van der Waals surface area contributed by atoms with Gasteiger partial charge in [-0.15, -0.1) is 0 Å². The summed E-state index contributed by atoms with van der Waals surface area (Å²) in [6.45, 7) is 5.59. The molecule has 0 spiro atoms. The minimum Gasteiger partial charge on any atom is -0.374 e. The quantitative estimate of drug-likeness (QED) is 0.796. The van der Waals surface area contributed by atoms with Gasteiger partial charge in [-0.05, 0) is 30.2 Å². The fourth-order valence-corrected chi connectivity index (χ4v) is 2.12. The van der Waals surface area contributed by atoms with Gasteiger partial charge in [-0.1, -0.05) is 31.5 Å². The summed E-state index contributed by atoms with van der Waals surface area (Å²) >= 11 is 5.97. The minimum atomic E-state index is -4.15. The Morgan fingerprint density at radius 3 is 2.52 bits per heavy atom. The van der Waals surface area contributed by atoms with Gasteiger partial charge in [-0.3, -0.25) is 0 Å². The number of hydrogen-bond acceptors (Lipinski definition) is 2. The van der Waals surface area contributed by atoms with E-state index in [9.17, 15) is 13.2 Å². The molecule has 0 bridgehead atoms. The molecule has 0 atom stereocenters. The van der Waals surface area contributed by atoms with Crippen molar-refractivity contribution in [2.75, 3.05) is 25.0 Å². The molecule has 0 aromatic heterocycles. The van der Waals surface area contributed by atoms with E-state index in [0.717, 1.165) is 17.8 Å². The van der Waals surface area contributed by atoms with Crippen molar-refractivity contribution in [2.24, 2.45) is 5.92 Å². The molecule has 6 heteroatoms. The lowest BCUT2D eigenvalue weighted by molar-refractivity contribution is -0.132. The van der Waals surface area contributed by atoms with E-state index in [1.165, 1.54) is 0 Å². The number of hydrogen-bond donors (Lipinski definition) is 1. The predicted octanol–water partition coefficient (Wildman–Crippen LogP) is 4.47. The number of benzene rings is 1. The zero-order valence-electron chi connectivity index (χ0n) is 12.6. The molecule has 120 valence electrons. The predicted molar refractivity (Wildman–Crippen MR) is 81.9 cm³/mol. The summed E-state index contributed by atoms with van der Waals surface area (Å²) in [6.07, 6.45) is -4.99. The number of nitrogens with one attached hydrogen (secondary N) is 1. The summed E-state index contributed by atoms with van der Waals surface area (Å²) in [6, 6.07) is 5.33. The Hall–Kier alpha value is -0.940. The molecule has 1 aromatic rings. The van der Waals surface area contributed by atoms with E-state index in [-0.39, 0.29) is 6.54 Å². The number of anilines is 1. The maximum absolute atomic E-state index is 12.3. The number of rotatable bonds is 7. The highest BCUT2D eigenvalue weighted by molar-refractivity contribution is 6.30. The molecule has 0 fully saturated rings. The van der Waals surface area contributed by atoms with E-state index in [1.807, 2.05) is 6.07 Å². The SMILES string of the molecule is CC(C)CNCc1ccc(Cl)cc1N(C)CCC(F)(F)F. The van der Waals surface area contributed by atoms with Crippen molar-refractivity contribution in [3.63, 3.8) is 0 Å². The first-order valence-corrected chi connectivity index (χ1v) is 7.34. The number of alkyl halides is 3. The highest BCUT2D eigenvalue weighted by Crippen LogP contribution is 2.26. The van der Waals surface area contributed by atoms with Crippen LogP contribution in [0, 0.1) is 5.92 Å². The van der Waals surface area contributed by atoms with Crippen LogP contribution < -0.4 is 10.2 Å². The van der Waals surface area contributed by atoms with Crippen molar-refractivity contribution in [2.45, 2.75) is 33.0 Å². The Labute approximate surface area is 129 Å². The lowest BCUT2D eigenvalue weighted by Crippen LogP contribution is -2.26. The summed E-state index contributed by atoms with van der Waals surface area (Å²) in [7, 11) is 1.66. The van der Waals surface area contributed by atoms with Crippen LogP contribution >= 0.6 is 11.6 Å². The van der Waals surface area contributed by atoms with Crippen LogP contribution in [0.25, 0.3) is 0 Å². The van der Waals surface area contributed by atoms with Crippen LogP contribution in [0.1, 0.15) is 25.8 Å². The maximum atomic E-state index is 12.3. The Bertz CT molecular complexity index is 447. The Morgan fingerprint density at radius 1 is 1.29 bits per heavy atom. The fraction of sp³-hybridized carbons (Fsp3) is 0.600. The van der Waals surface area contributed by atoms with E-state index in [1.54, 1.807) is 24.1 Å². The topological polar surface area (TPSA) is 15.3 Å². The van der Waals surface area contributed by atoms with Gasteiger partial charge in [-0.2, -0.15) is 13.2 Å². The molecule has 0 unspecified atom stereocenters. The zero-order chi connectivity index (χ0) is 16.0. The van der Waals surface area contributed by atoms with Crippen LogP contribution in [-0.2, 0) is 6.54 Å². The molecule has 0 aliphatic carbocycles. The highest BCUT2D eigenvalue weighted by Gasteiger charge is 2.27. The van der Waals surface area contributed by atoms with Crippen molar-refractivity contribution >= 4 is 17.3 Å². The van der Waals surface area contributed by atoms with E-state index in [2.05, 4.69) is 19.2 Å². The second-order valence-corrected chi connectivity index (χ2v) is 6.02. The van der Waals surface area contributed by atoms with Gasteiger partial charge in [0.2, 0.25) is 0 Å². The van der Waals surface area contributed by atoms with Crippen LogP contribution in [0.3, 0.4) is 0 Å². The van der Waals surface area contributed by atoms with Crippen LogP contribution in [0.15, 0.2) is 18.2 Å². The minimum absolute atomic E-state index is 0.0823. The normalized spacial score (nSPS) is 12.0. The average Bonchev–Trinajstić information content (AvgIpc) is 2.36. The molecule has 0 saturated heterocycles. The molecular weight excluding hydrogens is 301 g/mol. The van der Waals surface area contributed by atoms with Crippen molar-refractivity contribution < 1.29 is 13.2 Å². The van der Waals surface area contributed by atoms with Gasteiger partial charge in [0.05, 0.1) is 6.42 Å². The van der Waals surface area contributed by atoms with Gasteiger partial charge in [-0.25, -0.2) is 0 Å². The van der Waals surface area contributed by atoms with Gasteiger partial charge in [0.25, 0.3) is 0 Å². The molecule has 1 N–H and O–H groups in total. The van der Waals surface area contributed by atoms with Gasteiger partial charge in [0.1, 0.15) is 0 Å². The Kier molecular flexibility index (Phi) is 6.81. The van der Waals surface area contributed by atoms with E-state index in [0.29, 0.717) is 17.5 Å². The molecule has 0 aliphatic rings. The van der Waals surface area contributed by atoms with Gasteiger partial charge in [0.15, 0.2) is 0 Å². The first-order valence-electron chi connectivity index (χ1n) is 6.96. The van der Waals surface area contributed by atoms with Crippen LogP contribution in [0.4, 0.5) is 18.9 Å². The monoisotopic (exact) mass is 322 g/mol. The number of nitrogens with zero attached hydrogens (tertiary/aromatic N) is 1.